The van der Waals surface area contributed by atoms with Crippen LogP contribution in [0.3, 0.4) is 0 Å². The van der Waals surface area contributed by atoms with E-state index in [1.807, 2.05) is 95.2 Å². The van der Waals surface area contributed by atoms with Gasteiger partial charge in [-0.25, -0.2) is 9.80 Å². The van der Waals surface area contributed by atoms with Crippen LogP contribution in [0.4, 0.5) is 11.4 Å². The van der Waals surface area contributed by atoms with E-state index in [9.17, 15) is 29.4 Å². The second kappa shape index (κ2) is 14.3. The van der Waals surface area contributed by atoms with Crippen molar-refractivity contribution in [3.8, 4) is 33.8 Å². The van der Waals surface area contributed by atoms with Gasteiger partial charge in [-0.05, 0) is 147 Å². The normalized spacial score (nSPS) is 14.8. The predicted octanol–water partition coefficient (Wildman–Crippen LogP) is 9.20. The molecule has 0 aliphatic carbocycles. The summed E-state index contributed by atoms with van der Waals surface area (Å²) in [6.45, 7) is 24.2. The molecule has 0 aromatic heterocycles. The standard InChI is InChI=1S/C60H50N2O10/c1-57(2,3)25-17-26(58(4,5)6)20-29(19-25)61-53(69)33-15-13-31-40-36(46-49(65)52(68)50(46)66)24-38-42-34(54(70)62(56(38)72)30-21-27(59(7,8)9)18-28(22-30)60(10,11)12)16-14-32(44(40)42)39-35(45-47(63)51(67)48(45)64)23-37(55(61)71)41(33)43(31)39/h13-24,63,65H,1-12H3/p-2. The zero-order valence-corrected chi connectivity index (χ0v) is 41.9. The third kappa shape index (κ3) is 6.10. The van der Waals surface area contributed by atoms with Crippen LogP contribution in [0.2, 0.25) is 0 Å². The van der Waals surface area contributed by atoms with E-state index in [1.165, 1.54) is 24.3 Å². The average molecular weight is 957 g/mol. The van der Waals surface area contributed by atoms with Gasteiger partial charge < -0.3 is 10.2 Å². The summed E-state index contributed by atoms with van der Waals surface area (Å²) >= 11 is 0. The van der Waals surface area contributed by atoms with E-state index < -0.39 is 89.6 Å². The first kappa shape index (κ1) is 46.3. The molecule has 0 bridgehead atoms. The molecule has 9 aromatic carbocycles. The number of nitrogens with zero attached hydrogens (tertiary/aromatic N) is 2. The van der Waals surface area contributed by atoms with E-state index in [4.69, 9.17) is 0 Å². The lowest BCUT2D eigenvalue weighted by Crippen LogP contribution is -2.41. The molecular formula is C60H48N2O10-2. The van der Waals surface area contributed by atoms with Crippen molar-refractivity contribution in [3.63, 3.8) is 0 Å². The van der Waals surface area contributed by atoms with Gasteiger partial charge in [0.25, 0.3) is 23.6 Å². The molecule has 0 saturated carbocycles. The van der Waals surface area contributed by atoms with Gasteiger partial charge in [-0.3, -0.25) is 38.4 Å². The van der Waals surface area contributed by atoms with Crippen molar-refractivity contribution in [2.75, 3.05) is 9.80 Å². The predicted molar refractivity (Wildman–Crippen MR) is 277 cm³/mol. The molecule has 0 saturated heterocycles. The Morgan fingerprint density at radius 3 is 0.889 bits per heavy atom. The molecule has 72 heavy (non-hydrogen) atoms. The van der Waals surface area contributed by atoms with Crippen LogP contribution in [-0.2, 0) is 21.7 Å². The van der Waals surface area contributed by atoms with Crippen LogP contribution in [0, 0.1) is 0 Å². The third-order valence-corrected chi connectivity index (χ3v) is 14.9. The first-order valence-electron chi connectivity index (χ1n) is 23.8. The zero-order valence-electron chi connectivity index (χ0n) is 41.9. The maximum Gasteiger partial charge on any atom is 0.266 e. The van der Waals surface area contributed by atoms with Crippen LogP contribution in [0.1, 0.15) is 147 Å². The van der Waals surface area contributed by atoms with E-state index in [0.29, 0.717) is 11.4 Å². The maximum absolute atomic E-state index is 15.3. The molecular weight excluding hydrogens is 909 g/mol. The lowest BCUT2D eigenvalue weighted by atomic mass is 9.76. The van der Waals surface area contributed by atoms with Crippen molar-refractivity contribution in [1.82, 2.24) is 0 Å². The molecule has 0 N–H and O–H groups in total. The molecule has 0 unspecified atom stereocenters. The van der Waals surface area contributed by atoms with Crippen LogP contribution in [-0.4, -0.2) is 23.6 Å². The van der Waals surface area contributed by atoms with Crippen molar-refractivity contribution in [1.29, 1.82) is 0 Å². The number of benzene rings is 7. The number of amides is 4. The van der Waals surface area contributed by atoms with E-state index >= 15 is 19.2 Å². The molecule has 0 radical (unpaired) electrons. The Hall–Kier alpha value is -8.12. The highest BCUT2D eigenvalue weighted by Gasteiger charge is 2.42. The zero-order chi connectivity index (χ0) is 52.1. The molecule has 2 aliphatic rings. The summed E-state index contributed by atoms with van der Waals surface area (Å²) in [5, 5.41) is 28.7. The van der Waals surface area contributed by atoms with Gasteiger partial charge in [0, 0.05) is 44.2 Å². The number of carbonyl (C=O) groups excluding carboxylic acids is 4. The van der Waals surface area contributed by atoms with Crippen molar-refractivity contribution >= 4 is 78.1 Å². The van der Waals surface area contributed by atoms with Gasteiger partial charge in [-0.1, -0.05) is 107 Å². The number of carbonyl (C=O) groups is 4. The monoisotopic (exact) mass is 956 g/mol. The van der Waals surface area contributed by atoms with E-state index in [-0.39, 0.29) is 76.5 Å². The molecule has 9 aromatic rings. The summed E-state index contributed by atoms with van der Waals surface area (Å²) in [4.78, 5) is 116. The number of hydrogen-bond donors (Lipinski definition) is 0. The fraction of sp³-hybridized carbons (Fsp3) is 0.267. The topological polar surface area (TPSA) is 189 Å². The maximum atomic E-state index is 15.3. The highest BCUT2D eigenvalue weighted by atomic mass is 16.3. The van der Waals surface area contributed by atoms with Crippen molar-refractivity contribution in [2.24, 2.45) is 0 Å². The van der Waals surface area contributed by atoms with Crippen LogP contribution < -0.4 is 41.7 Å². The second-order valence-corrected chi connectivity index (χ2v) is 23.7. The summed E-state index contributed by atoms with van der Waals surface area (Å²) in [7, 11) is 0. The van der Waals surface area contributed by atoms with E-state index in [2.05, 4.69) is 0 Å². The van der Waals surface area contributed by atoms with Gasteiger partial charge >= 0.3 is 0 Å². The summed E-state index contributed by atoms with van der Waals surface area (Å²) in [6.07, 6.45) is 0. The van der Waals surface area contributed by atoms with Crippen LogP contribution in [0.15, 0.2) is 92.0 Å². The molecule has 2 aliphatic heterocycles. The Balaban J connectivity index is 1.27. The van der Waals surface area contributed by atoms with Gasteiger partial charge in [-0.15, -0.1) is 0 Å². The van der Waals surface area contributed by atoms with Crippen LogP contribution >= 0.6 is 0 Å². The summed E-state index contributed by atoms with van der Waals surface area (Å²) in [5.41, 5.74) is -3.49. The van der Waals surface area contributed by atoms with Crippen molar-refractivity contribution in [3.05, 3.63) is 158 Å². The molecule has 0 atom stereocenters. The first-order valence-corrected chi connectivity index (χ1v) is 23.8. The summed E-state index contributed by atoms with van der Waals surface area (Å²) in [5.74, 6) is -5.10. The van der Waals surface area contributed by atoms with Crippen LogP contribution in [0.25, 0.3) is 65.3 Å². The lowest BCUT2D eigenvalue weighted by molar-refractivity contribution is -0.271. The Kier molecular flexibility index (Phi) is 9.17. The third-order valence-electron chi connectivity index (χ3n) is 14.9. The highest BCUT2D eigenvalue weighted by Crippen LogP contribution is 2.53. The highest BCUT2D eigenvalue weighted by molar-refractivity contribution is 6.48. The van der Waals surface area contributed by atoms with E-state index in [1.54, 1.807) is 36.4 Å². The average Bonchev–Trinajstić information content (AvgIpc) is 3.30. The number of imide groups is 2. The van der Waals surface area contributed by atoms with Gasteiger partial charge in [0.1, 0.15) is 0 Å². The summed E-state index contributed by atoms with van der Waals surface area (Å²) < 4.78 is 0. The Morgan fingerprint density at radius 2 is 0.611 bits per heavy atom. The molecule has 2 heterocycles. The van der Waals surface area contributed by atoms with Crippen molar-refractivity contribution in [2.45, 2.75) is 105 Å². The minimum absolute atomic E-state index is 0.0734. The summed E-state index contributed by atoms with van der Waals surface area (Å²) in [6, 6.07) is 20.1. The Morgan fingerprint density at radius 1 is 0.319 bits per heavy atom. The second-order valence-electron chi connectivity index (χ2n) is 23.7. The molecule has 4 amide bonds. The lowest BCUT2D eigenvalue weighted by Gasteiger charge is -2.34. The molecule has 0 fully saturated rings. The smallest absolute Gasteiger partial charge is 0.266 e. The minimum atomic E-state index is -1.25. The van der Waals surface area contributed by atoms with Crippen molar-refractivity contribution < 1.29 is 29.4 Å². The first-order chi connectivity index (χ1) is 33.4. The van der Waals surface area contributed by atoms with E-state index in [0.717, 1.165) is 32.1 Å². The largest absolute Gasteiger partial charge is 0.869 e. The fourth-order valence-electron chi connectivity index (χ4n) is 10.8. The Labute approximate surface area is 412 Å². The van der Waals surface area contributed by atoms with Gasteiger partial charge in [-0.2, -0.15) is 0 Å². The number of rotatable bonds is 4. The Bertz CT molecular complexity index is 3880. The fourth-order valence-corrected chi connectivity index (χ4v) is 10.8. The van der Waals surface area contributed by atoms with Crippen LogP contribution in [0.5, 0.6) is 11.5 Å². The van der Waals surface area contributed by atoms with Gasteiger partial charge in [0.2, 0.25) is 21.7 Å². The molecule has 12 nitrogen and oxygen atoms in total. The quantitative estimate of drug-likeness (QED) is 0.0712. The molecule has 11 rings (SSSR count). The number of hydrogen-bond acceptors (Lipinski definition) is 10. The number of anilines is 2. The molecule has 360 valence electrons. The SMILES string of the molecule is CC(C)(C)c1cc(N2C(=O)c3ccc4c5c(-c6c([O-])c(=O)c6=O)cc6c7c(ccc(c8c(-c9c([O-])c(=O)c9=O)cc(c3c48)C2=O)c75)C(=O)N(c2cc(C(C)(C)C)cc(C(C)(C)C)c2)C6=O)cc(C(C)(C)C)c1. The number of fused-ring (bicyclic) bond motifs is 2. The minimum Gasteiger partial charge on any atom is -0.869 e. The molecule has 12 heteroatoms. The van der Waals surface area contributed by atoms with Gasteiger partial charge in [0.05, 0.1) is 11.4 Å². The van der Waals surface area contributed by atoms with Gasteiger partial charge in [0.15, 0.2) is 0 Å². The molecule has 0 spiro atoms.